The number of hydrogen-bond acceptors (Lipinski definition) is 8. The monoisotopic (exact) mass is 524 g/mol. The van der Waals surface area contributed by atoms with Crippen LogP contribution in [0.2, 0.25) is 0 Å². The molecule has 0 spiro atoms. The summed E-state index contributed by atoms with van der Waals surface area (Å²) in [6.07, 6.45) is 1.87. The SMILES string of the molecule is CN1CCC(Sc2nnc3n2-c2ccc([N+](=O)[O-])cc2C(c2ccccc2F)=N[C@H]3CCC(=O)O)CC1. The van der Waals surface area contributed by atoms with Crippen molar-refractivity contribution < 1.29 is 19.2 Å². The number of non-ortho nitro benzene ring substituents is 1. The van der Waals surface area contributed by atoms with Gasteiger partial charge in [0, 0.05) is 34.9 Å². The van der Waals surface area contributed by atoms with E-state index in [0.717, 1.165) is 25.9 Å². The summed E-state index contributed by atoms with van der Waals surface area (Å²) in [6, 6.07) is 9.72. The number of hydrogen-bond donors (Lipinski definition) is 1. The molecule has 1 fully saturated rings. The minimum atomic E-state index is -0.993. The summed E-state index contributed by atoms with van der Waals surface area (Å²) in [4.78, 5) is 29.7. The van der Waals surface area contributed by atoms with Crippen LogP contribution in [-0.4, -0.2) is 66.8 Å². The lowest BCUT2D eigenvalue weighted by molar-refractivity contribution is -0.384. The highest BCUT2D eigenvalue weighted by molar-refractivity contribution is 7.99. The molecule has 10 nitrogen and oxygen atoms in total. The summed E-state index contributed by atoms with van der Waals surface area (Å²) in [6.45, 7) is 1.92. The van der Waals surface area contributed by atoms with E-state index in [1.54, 1.807) is 36.0 Å². The number of carbonyl (C=O) groups is 1. The lowest BCUT2D eigenvalue weighted by Gasteiger charge is -2.28. The van der Waals surface area contributed by atoms with Crippen LogP contribution in [0.5, 0.6) is 0 Å². The van der Waals surface area contributed by atoms with Crippen molar-refractivity contribution in [2.45, 2.75) is 42.1 Å². The van der Waals surface area contributed by atoms with Crippen molar-refractivity contribution in [2.75, 3.05) is 20.1 Å². The second-order valence-corrected chi connectivity index (χ2v) is 10.4. The molecule has 1 aromatic heterocycles. The van der Waals surface area contributed by atoms with Gasteiger partial charge in [-0.15, -0.1) is 10.2 Å². The molecular formula is C25H25FN6O4S. The van der Waals surface area contributed by atoms with E-state index in [-0.39, 0.29) is 29.8 Å². The lowest BCUT2D eigenvalue weighted by Crippen LogP contribution is -2.31. The van der Waals surface area contributed by atoms with Gasteiger partial charge < -0.3 is 10.0 Å². The number of likely N-dealkylation sites (tertiary alicyclic amines) is 1. The predicted molar refractivity (Wildman–Crippen MR) is 136 cm³/mol. The highest BCUT2D eigenvalue weighted by Gasteiger charge is 2.32. The Hall–Kier alpha value is -3.64. The Balaban J connectivity index is 1.69. The molecule has 0 unspecified atom stereocenters. The Labute approximate surface area is 216 Å². The highest BCUT2D eigenvalue weighted by atomic mass is 32.2. The number of fused-ring (bicyclic) bond motifs is 3. The molecular weight excluding hydrogens is 499 g/mol. The van der Waals surface area contributed by atoms with Gasteiger partial charge in [-0.25, -0.2) is 4.39 Å². The van der Waals surface area contributed by atoms with Crippen LogP contribution in [0.25, 0.3) is 5.69 Å². The molecule has 0 amide bonds. The molecule has 37 heavy (non-hydrogen) atoms. The first kappa shape index (κ1) is 25.0. The number of halogens is 1. The molecule has 0 bridgehead atoms. The third-order valence-electron chi connectivity index (χ3n) is 6.63. The van der Waals surface area contributed by atoms with Crippen LogP contribution in [0.4, 0.5) is 10.1 Å². The van der Waals surface area contributed by atoms with Crippen LogP contribution in [-0.2, 0) is 4.79 Å². The predicted octanol–water partition coefficient (Wildman–Crippen LogP) is 4.26. The minimum Gasteiger partial charge on any atom is -0.481 e. The summed E-state index contributed by atoms with van der Waals surface area (Å²) in [7, 11) is 2.09. The summed E-state index contributed by atoms with van der Waals surface area (Å²) in [5.41, 5.74) is 1.14. The van der Waals surface area contributed by atoms with Gasteiger partial charge in [0.15, 0.2) is 11.0 Å². The number of rotatable bonds is 7. The number of piperidine rings is 1. The standard InChI is InChI=1S/C25H25FN6O4S/c1-30-12-10-16(11-13-30)37-25-29-28-24-20(7-9-22(33)34)27-23(17-4-2-3-5-19(17)26)18-14-15(32(35)36)6-8-21(18)31(24)25/h2-6,8,14,16,20H,7,9-13H2,1H3,(H,33,34)/t20-/m0/s1. The van der Waals surface area contributed by atoms with Gasteiger partial charge in [-0.2, -0.15) is 0 Å². The smallest absolute Gasteiger partial charge is 0.303 e. The summed E-state index contributed by atoms with van der Waals surface area (Å²) in [5, 5.41) is 30.8. The molecule has 1 atom stereocenters. The van der Waals surface area contributed by atoms with E-state index in [4.69, 9.17) is 4.99 Å². The molecule has 0 radical (unpaired) electrons. The van der Waals surface area contributed by atoms with E-state index in [1.165, 1.54) is 18.2 Å². The Morgan fingerprint density at radius 1 is 1.19 bits per heavy atom. The Bertz CT molecular complexity index is 1390. The van der Waals surface area contributed by atoms with Crippen molar-refractivity contribution in [2.24, 2.45) is 4.99 Å². The van der Waals surface area contributed by atoms with Gasteiger partial charge in [0.05, 0.1) is 16.3 Å². The Kier molecular flexibility index (Phi) is 7.02. The van der Waals surface area contributed by atoms with Gasteiger partial charge >= 0.3 is 5.97 Å². The third kappa shape index (κ3) is 5.12. The maximum absolute atomic E-state index is 15.0. The van der Waals surface area contributed by atoms with Crippen molar-refractivity contribution in [3.05, 3.63) is 75.3 Å². The molecule has 2 aliphatic rings. The average Bonchev–Trinajstić information content (AvgIpc) is 3.22. The van der Waals surface area contributed by atoms with Gasteiger partial charge in [-0.1, -0.05) is 23.9 Å². The molecule has 192 valence electrons. The average molecular weight is 525 g/mol. The number of benzene rings is 2. The maximum Gasteiger partial charge on any atom is 0.303 e. The summed E-state index contributed by atoms with van der Waals surface area (Å²) >= 11 is 1.59. The van der Waals surface area contributed by atoms with E-state index in [9.17, 15) is 20.0 Å². The van der Waals surface area contributed by atoms with E-state index in [0.29, 0.717) is 27.5 Å². The Morgan fingerprint density at radius 3 is 2.65 bits per heavy atom. The van der Waals surface area contributed by atoms with Crippen LogP contribution in [0.1, 0.15) is 48.7 Å². The molecule has 2 aromatic carbocycles. The molecule has 12 heteroatoms. The number of aromatic nitrogens is 3. The molecule has 0 aliphatic carbocycles. The molecule has 2 aliphatic heterocycles. The topological polar surface area (TPSA) is 127 Å². The molecule has 5 rings (SSSR count). The van der Waals surface area contributed by atoms with E-state index in [2.05, 4.69) is 22.1 Å². The van der Waals surface area contributed by atoms with Gasteiger partial charge in [-0.3, -0.25) is 24.5 Å². The minimum absolute atomic E-state index is 0.111. The number of nitro benzene ring substituents is 1. The molecule has 1 saturated heterocycles. The fourth-order valence-electron chi connectivity index (χ4n) is 4.68. The van der Waals surface area contributed by atoms with Gasteiger partial charge in [0.25, 0.3) is 5.69 Å². The third-order valence-corrected chi connectivity index (χ3v) is 7.91. The van der Waals surface area contributed by atoms with E-state index < -0.39 is 22.8 Å². The fraction of sp³-hybridized carbons (Fsp3) is 0.360. The number of carboxylic acid groups (broad SMARTS) is 1. The number of carboxylic acids is 1. The zero-order valence-electron chi connectivity index (χ0n) is 20.1. The number of nitro groups is 1. The van der Waals surface area contributed by atoms with Crippen LogP contribution in [0.3, 0.4) is 0 Å². The number of thioether (sulfide) groups is 1. The van der Waals surface area contributed by atoms with Gasteiger partial charge in [0.1, 0.15) is 11.9 Å². The molecule has 3 aromatic rings. The quantitative estimate of drug-likeness (QED) is 0.359. The molecule has 3 heterocycles. The van der Waals surface area contributed by atoms with E-state index in [1.807, 2.05) is 4.57 Å². The van der Waals surface area contributed by atoms with Gasteiger partial charge in [-0.05, 0) is 57.6 Å². The van der Waals surface area contributed by atoms with Crippen LogP contribution >= 0.6 is 11.8 Å². The zero-order valence-corrected chi connectivity index (χ0v) is 20.9. The molecule has 0 saturated carbocycles. The van der Waals surface area contributed by atoms with Crippen molar-refractivity contribution >= 4 is 29.1 Å². The summed E-state index contributed by atoms with van der Waals surface area (Å²) < 4.78 is 16.8. The molecule has 1 N–H and O–H groups in total. The van der Waals surface area contributed by atoms with Gasteiger partial charge in [0.2, 0.25) is 0 Å². The van der Waals surface area contributed by atoms with Crippen molar-refractivity contribution in [1.82, 2.24) is 19.7 Å². The zero-order chi connectivity index (χ0) is 26.1. The number of aliphatic imine (C=N–C) groups is 1. The first-order valence-corrected chi connectivity index (χ1v) is 12.8. The van der Waals surface area contributed by atoms with Crippen molar-refractivity contribution in [1.29, 1.82) is 0 Å². The van der Waals surface area contributed by atoms with Crippen molar-refractivity contribution in [3.8, 4) is 5.69 Å². The van der Waals surface area contributed by atoms with Crippen LogP contribution in [0.15, 0.2) is 52.6 Å². The maximum atomic E-state index is 15.0. The summed E-state index contributed by atoms with van der Waals surface area (Å²) in [5.74, 6) is -1.10. The van der Waals surface area contributed by atoms with Crippen LogP contribution < -0.4 is 0 Å². The van der Waals surface area contributed by atoms with E-state index >= 15 is 4.39 Å². The van der Waals surface area contributed by atoms with Crippen LogP contribution in [0, 0.1) is 15.9 Å². The highest BCUT2D eigenvalue weighted by Crippen LogP contribution is 2.39. The fourth-order valence-corrected chi connectivity index (χ4v) is 5.81. The van der Waals surface area contributed by atoms with Crippen molar-refractivity contribution in [3.63, 3.8) is 0 Å². The first-order chi connectivity index (χ1) is 17.8. The number of aliphatic carboxylic acids is 1. The largest absolute Gasteiger partial charge is 0.481 e. The lowest BCUT2D eigenvalue weighted by atomic mass is 9.99. The normalized spacial score (nSPS) is 18.0. The second-order valence-electron chi connectivity index (χ2n) is 9.16. The number of nitrogens with zero attached hydrogens (tertiary/aromatic N) is 6. The second kappa shape index (κ2) is 10.4. The first-order valence-electron chi connectivity index (χ1n) is 12.0. The Morgan fingerprint density at radius 2 is 1.95 bits per heavy atom.